The number of aliphatic imine (C=N–C) groups is 1. The van der Waals surface area contributed by atoms with Crippen LogP contribution in [0, 0.1) is 17.5 Å². The molecular weight excluding hydrogens is 421 g/mol. The molecule has 32 heavy (non-hydrogen) atoms. The molecule has 0 atom stereocenters. The lowest BCUT2D eigenvalue weighted by Gasteiger charge is -2.10. The minimum absolute atomic E-state index is 0.0277. The Bertz CT molecular complexity index is 1320. The summed E-state index contributed by atoms with van der Waals surface area (Å²) in [5.74, 6) is 2.41. The Morgan fingerprint density at radius 3 is 2.41 bits per heavy atom. The highest BCUT2D eigenvalue weighted by Crippen LogP contribution is 2.28. The third-order valence-electron chi connectivity index (χ3n) is 4.52. The SMILES string of the molecule is C=C(/N=C(\ON)c1nnn(-c2ccccc2F)c1-c1ccncc1)c1cccc(F)c1F. The maximum atomic E-state index is 14.5. The van der Waals surface area contributed by atoms with Crippen molar-refractivity contribution in [2.75, 3.05) is 0 Å². The lowest BCUT2D eigenvalue weighted by molar-refractivity contribution is 0.321. The number of benzene rings is 2. The summed E-state index contributed by atoms with van der Waals surface area (Å²) in [6.45, 7) is 3.67. The van der Waals surface area contributed by atoms with Crippen molar-refractivity contribution >= 4 is 11.6 Å². The Labute approximate surface area is 180 Å². The van der Waals surface area contributed by atoms with Gasteiger partial charge in [0.2, 0.25) is 0 Å². The van der Waals surface area contributed by atoms with Crippen LogP contribution in [0.4, 0.5) is 13.2 Å². The molecule has 2 N–H and O–H groups in total. The van der Waals surface area contributed by atoms with Gasteiger partial charge in [-0.25, -0.2) is 22.8 Å². The van der Waals surface area contributed by atoms with Crippen LogP contribution in [0.3, 0.4) is 0 Å². The summed E-state index contributed by atoms with van der Waals surface area (Å²) in [6, 6.07) is 12.8. The first-order valence-electron chi connectivity index (χ1n) is 9.21. The highest BCUT2D eigenvalue weighted by atomic mass is 19.2. The predicted molar refractivity (Wildman–Crippen MR) is 112 cm³/mol. The van der Waals surface area contributed by atoms with Crippen molar-refractivity contribution in [2.24, 2.45) is 10.9 Å². The minimum Gasteiger partial charge on any atom is -0.389 e. The molecule has 0 aliphatic carbocycles. The molecule has 2 aromatic carbocycles. The largest absolute Gasteiger partial charge is 0.389 e. The molecule has 160 valence electrons. The average Bonchev–Trinajstić information content (AvgIpc) is 3.24. The zero-order chi connectivity index (χ0) is 22.7. The van der Waals surface area contributed by atoms with Crippen LogP contribution in [0.25, 0.3) is 22.6 Å². The number of nitrogens with zero attached hydrogens (tertiary/aromatic N) is 5. The fraction of sp³-hybridized carbons (Fsp3) is 0. The van der Waals surface area contributed by atoms with Crippen LogP contribution in [-0.4, -0.2) is 25.9 Å². The van der Waals surface area contributed by atoms with Gasteiger partial charge in [-0.15, -0.1) is 5.10 Å². The number of rotatable bonds is 5. The molecule has 4 aromatic rings. The van der Waals surface area contributed by atoms with Gasteiger partial charge < -0.3 is 4.84 Å². The topological polar surface area (TPSA) is 91.2 Å². The zero-order valence-corrected chi connectivity index (χ0v) is 16.4. The van der Waals surface area contributed by atoms with Gasteiger partial charge in [-0.2, -0.15) is 5.90 Å². The van der Waals surface area contributed by atoms with E-state index in [1.54, 1.807) is 18.2 Å². The third-order valence-corrected chi connectivity index (χ3v) is 4.52. The Hall–Kier alpha value is -4.31. The van der Waals surface area contributed by atoms with Crippen molar-refractivity contribution in [3.05, 3.63) is 102 Å². The molecule has 0 bridgehead atoms. The summed E-state index contributed by atoms with van der Waals surface area (Å²) in [4.78, 5) is 13.0. The van der Waals surface area contributed by atoms with Gasteiger partial charge in [0.1, 0.15) is 17.2 Å². The van der Waals surface area contributed by atoms with E-state index in [-0.39, 0.29) is 34.2 Å². The lowest BCUT2D eigenvalue weighted by atomic mass is 10.1. The average molecular weight is 436 g/mol. The molecule has 0 unspecified atom stereocenters. The van der Waals surface area contributed by atoms with Gasteiger partial charge in [-0.3, -0.25) is 4.98 Å². The van der Waals surface area contributed by atoms with Crippen molar-refractivity contribution in [3.8, 4) is 16.9 Å². The molecule has 2 aromatic heterocycles. The quantitative estimate of drug-likeness (QED) is 0.290. The van der Waals surface area contributed by atoms with Crippen LogP contribution in [0.15, 0.2) is 78.6 Å². The third kappa shape index (κ3) is 3.86. The zero-order valence-electron chi connectivity index (χ0n) is 16.4. The Kier molecular flexibility index (Phi) is 5.77. The fourth-order valence-corrected chi connectivity index (χ4v) is 3.03. The highest BCUT2D eigenvalue weighted by molar-refractivity contribution is 6.00. The minimum atomic E-state index is -1.12. The smallest absolute Gasteiger partial charge is 0.268 e. The summed E-state index contributed by atoms with van der Waals surface area (Å²) in [7, 11) is 0. The Balaban J connectivity index is 1.89. The van der Waals surface area contributed by atoms with Crippen LogP contribution in [0.1, 0.15) is 11.3 Å². The molecule has 10 heteroatoms. The van der Waals surface area contributed by atoms with Crippen LogP contribution in [0.5, 0.6) is 0 Å². The maximum Gasteiger partial charge on any atom is 0.268 e. The molecule has 0 amide bonds. The van der Waals surface area contributed by atoms with Crippen molar-refractivity contribution < 1.29 is 18.0 Å². The first kappa shape index (κ1) is 20.9. The van der Waals surface area contributed by atoms with E-state index in [1.807, 2.05) is 0 Å². The summed E-state index contributed by atoms with van der Waals surface area (Å²) in [6.07, 6.45) is 3.05. The second kappa shape index (κ2) is 8.82. The molecule has 0 aliphatic heterocycles. The number of nitrogens with two attached hydrogens (primary N) is 1. The molecule has 0 spiro atoms. The standard InChI is InChI=1S/C22H15F3N6O/c1-13(15-5-4-7-17(24)19(15)25)28-22(32-26)20-21(14-9-11-27-12-10-14)31(30-29-20)18-8-3-2-6-16(18)23/h2-12H,1,26H2/b28-22-. The monoisotopic (exact) mass is 436 g/mol. The van der Waals surface area contributed by atoms with E-state index in [1.165, 1.54) is 47.4 Å². The van der Waals surface area contributed by atoms with E-state index >= 15 is 0 Å². The number of aromatic nitrogens is 4. The number of hydrogen-bond acceptors (Lipinski definition) is 6. The van der Waals surface area contributed by atoms with E-state index in [4.69, 9.17) is 10.7 Å². The second-order valence-electron chi connectivity index (χ2n) is 6.47. The first-order chi connectivity index (χ1) is 15.5. The lowest BCUT2D eigenvalue weighted by Crippen LogP contribution is -2.14. The van der Waals surface area contributed by atoms with Gasteiger partial charge in [0.25, 0.3) is 5.90 Å². The Morgan fingerprint density at radius 1 is 0.969 bits per heavy atom. The maximum absolute atomic E-state index is 14.5. The molecule has 7 nitrogen and oxygen atoms in total. The molecule has 0 aliphatic rings. The number of pyridine rings is 1. The molecule has 0 saturated carbocycles. The number of hydrogen-bond donors (Lipinski definition) is 1. The molecule has 0 saturated heterocycles. The van der Waals surface area contributed by atoms with Crippen LogP contribution < -0.4 is 5.90 Å². The summed E-state index contributed by atoms with van der Waals surface area (Å²) >= 11 is 0. The number of para-hydroxylation sites is 1. The van der Waals surface area contributed by atoms with E-state index < -0.39 is 17.5 Å². The molecular formula is C22H15F3N6O. The van der Waals surface area contributed by atoms with E-state index in [0.717, 1.165) is 6.07 Å². The summed E-state index contributed by atoms with van der Waals surface area (Å²) in [5, 5.41) is 8.08. The van der Waals surface area contributed by atoms with Crippen molar-refractivity contribution in [1.82, 2.24) is 20.0 Å². The highest BCUT2D eigenvalue weighted by Gasteiger charge is 2.24. The first-order valence-corrected chi connectivity index (χ1v) is 9.21. The van der Waals surface area contributed by atoms with Crippen LogP contribution in [-0.2, 0) is 4.84 Å². The fourth-order valence-electron chi connectivity index (χ4n) is 3.03. The van der Waals surface area contributed by atoms with Crippen molar-refractivity contribution in [2.45, 2.75) is 0 Å². The number of halogens is 3. The van der Waals surface area contributed by atoms with E-state index in [0.29, 0.717) is 5.56 Å². The van der Waals surface area contributed by atoms with Gasteiger partial charge in [-0.05, 0) is 36.4 Å². The molecule has 4 rings (SSSR count). The molecule has 0 radical (unpaired) electrons. The van der Waals surface area contributed by atoms with Crippen molar-refractivity contribution in [3.63, 3.8) is 0 Å². The van der Waals surface area contributed by atoms with Crippen molar-refractivity contribution in [1.29, 1.82) is 0 Å². The van der Waals surface area contributed by atoms with Gasteiger partial charge in [-0.1, -0.05) is 30.0 Å². The predicted octanol–water partition coefficient (Wildman–Crippen LogP) is 4.05. The van der Waals surface area contributed by atoms with Crippen LogP contribution >= 0.6 is 0 Å². The second-order valence-corrected chi connectivity index (χ2v) is 6.47. The van der Waals surface area contributed by atoms with Gasteiger partial charge in [0, 0.05) is 23.5 Å². The van der Waals surface area contributed by atoms with E-state index in [2.05, 4.69) is 26.9 Å². The van der Waals surface area contributed by atoms with Gasteiger partial charge in [0.15, 0.2) is 17.3 Å². The molecule has 0 fully saturated rings. The summed E-state index contributed by atoms with van der Waals surface area (Å²) in [5.41, 5.74) is 0.629. The normalized spacial score (nSPS) is 11.4. The van der Waals surface area contributed by atoms with Gasteiger partial charge >= 0.3 is 0 Å². The van der Waals surface area contributed by atoms with Crippen LogP contribution in [0.2, 0.25) is 0 Å². The van der Waals surface area contributed by atoms with Gasteiger partial charge in [0.05, 0.1) is 5.70 Å². The van der Waals surface area contributed by atoms with E-state index in [9.17, 15) is 13.2 Å². The Morgan fingerprint density at radius 2 is 1.69 bits per heavy atom. The summed E-state index contributed by atoms with van der Waals surface area (Å²) < 4.78 is 43.5. The molecule has 2 heterocycles.